The lowest BCUT2D eigenvalue weighted by molar-refractivity contribution is 0.203. The number of aliphatic hydroxyl groups is 1. The summed E-state index contributed by atoms with van der Waals surface area (Å²) in [6.45, 7) is 1.94. The normalized spacial score (nSPS) is 12.2. The number of thioether (sulfide) groups is 1. The Morgan fingerprint density at radius 3 is 2.74 bits per heavy atom. The highest BCUT2D eigenvalue weighted by Crippen LogP contribution is 2.24. The zero-order chi connectivity index (χ0) is 13.7. The number of aliphatic hydroxyl groups excluding tert-OH is 1. The molecule has 4 nitrogen and oxygen atoms in total. The Labute approximate surface area is 116 Å². The van der Waals surface area contributed by atoms with Gasteiger partial charge in [0, 0.05) is 18.1 Å². The van der Waals surface area contributed by atoms with Gasteiger partial charge in [-0.25, -0.2) is 9.97 Å². The van der Waals surface area contributed by atoms with Gasteiger partial charge in [0.2, 0.25) is 0 Å². The molecule has 0 bridgehead atoms. The standard InChI is InChI=1S/C14H16N2O2S/c1-10-7-15-14(16-8-10)19-9-13(17)11-4-3-5-12(6-11)18-2/h3-8,13,17H,9H2,1-2H3. The zero-order valence-corrected chi connectivity index (χ0v) is 11.7. The SMILES string of the molecule is COc1cccc(C(O)CSc2ncc(C)cn2)c1. The summed E-state index contributed by atoms with van der Waals surface area (Å²) in [6, 6.07) is 7.43. The van der Waals surface area contributed by atoms with Gasteiger partial charge in [-0.1, -0.05) is 23.9 Å². The molecule has 0 radical (unpaired) electrons. The highest BCUT2D eigenvalue weighted by Gasteiger charge is 2.10. The number of aromatic nitrogens is 2. The van der Waals surface area contributed by atoms with Gasteiger partial charge in [0.05, 0.1) is 13.2 Å². The summed E-state index contributed by atoms with van der Waals surface area (Å²) in [6.07, 6.45) is 2.98. The summed E-state index contributed by atoms with van der Waals surface area (Å²) >= 11 is 1.43. The molecule has 0 saturated heterocycles. The van der Waals surface area contributed by atoms with Crippen LogP contribution in [0.15, 0.2) is 41.8 Å². The lowest BCUT2D eigenvalue weighted by Crippen LogP contribution is -2.01. The molecule has 0 amide bonds. The van der Waals surface area contributed by atoms with E-state index in [0.29, 0.717) is 10.9 Å². The molecule has 1 aromatic heterocycles. The molecule has 5 heteroatoms. The van der Waals surface area contributed by atoms with E-state index in [4.69, 9.17) is 4.74 Å². The molecular weight excluding hydrogens is 260 g/mol. The van der Waals surface area contributed by atoms with Crippen molar-refractivity contribution in [2.45, 2.75) is 18.2 Å². The number of methoxy groups -OCH3 is 1. The van der Waals surface area contributed by atoms with Gasteiger partial charge in [0.1, 0.15) is 5.75 Å². The van der Waals surface area contributed by atoms with Crippen molar-refractivity contribution in [2.24, 2.45) is 0 Å². The monoisotopic (exact) mass is 276 g/mol. The van der Waals surface area contributed by atoms with Gasteiger partial charge in [0.25, 0.3) is 0 Å². The van der Waals surface area contributed by atoms with E-state index in [1.807, 2.05) is 31.2 Å². The van der Waals surface area contributed by atoms with Crippen molar-refractivity contribution in [2.75, 3.05) is 12.9 Å². The first-order valence-electron chi connectivity index (χ1n) is 5.92. The average molecular weight is 276 g/mol. The fourth-order valence-electron chi connectivity index (χ4n) is 1.55. The highest BCUT2D eigenvalue weighted by molar-refractivity contribution is 7.99. The van der Waals surface area contributed by atoms with Gasteiger partial charge < -0.3 is 9.84 Å². The number of hydrogen-bond acceptors (Lipinski definition) is 5. The Hall–Kier alpha value is -1.59. The van der Waals surface area contributed by atoms with Crippen LogP contribution in [-0.2, 0) is 0 Å². The summed E-state index contributed by atoms with van der Waals surface area (Å²) in [5.74, 6) is 1.25. The third-order valence-electron chi connectivity index (χ3n) is 2.61. The fourth-order valence-corrected chi connectivity index (χ4v) is 2.31. The van der Waals surface area contributed by atoms with Crippen LogP contribution in [0, 0.1) is 6.92 Å². The van der Waals surface area contributed by atoms with E-state index >= 15 is 0 Å². The maximum absolute atomic E-state index is 10.1. The van der Waals surface area contributed by atoms with Crippen LogP contribution < -0.4 is 4.74 Å². The van der Waals surface area contributed by atoms with Gasteiger partial charge in [-0.15, -0.1) is 0 Å². The number of rotatable bonds is 5. The zero-order valence-electron chi connectivity index (χ0n) is 10.9. The molecule has 1 heterocycles. The van der Waals surface area contributed by atoms with Crippen LogP contribution in [0.3, 0.4) is 0 Å². The van der Waals surface area contributed by atoms with Gasteiger partial charge in [0.15, 0.2) is 5.16 Å². The lowest BCUT2D eigenvalue weighted by atomic mass is 10.1. The third kappa shape index (κ3) is 3.94. The van der Waals surface area contributed by atoms with E-state index in [1.54, 1.807) is 19.5 Å². The van der Waals surface area contributed by atoms with Crippen molar-refractivity contribution in [3.63, 3.8) is 0 Å². The molecule has 0 fully saturated rings. The van der Waals surface area contributed by atoms with Gasteiger partial charge in [-0.2, -0.15) is 0 Å². The Morgan fingerprint density at radius 2 is 2.05 bits per heavy atom. The molecule has 0 aliphatic rings. The molecule has 1 aromatic carbocycles. The lowest BCUT2D eigenvalue weighted by Gasteiger charge is -2.11. The van der Waals surface area contributed by atoms with Crippen LogP contribution >= 0.6 is 11.8 Å². The minimum atomic E-state index is -0.565. The largest absolute Gasteiger partial charge is 0.497 e. The van der Waals surface area contributed by atoms with E-state index in [1.165, 1.54) is 11.8 Å². The Balaban J connectivity index is 1.96. The van der Waals surface area contributed by atoms with Crippen molar-refractivity contribution in [3.05, 3.63) is 47.8 Å². The fraction of sp³-hybridized carbons (Fsp3) is 0.286. The number of aryl methyl sites for hydroxylation is 1. The number of benzene rings is 1. The first-order valence-corrected chi connectivity index (χ1v) is 6.91. The van der Waals surface area contributed by atoms with Crippen LogP contribution in [-0.4, -0.2) is 27.9 Å². The molecule has 0 aliphatic heterocycles. The van der Waals surface area contributed by atoms with Crippen LogP contribution in [0.5, 0.6) is 5.75 Å². The van der Waals surface area contributed by atoms with Crippen molar-refractivity contribution < 1.29 is 9.84 Å². The van der Waals surface area contributed by atoms with Crippen molar-refractivity contribution in [1.82, 2.24) is 9.97 Å². The number of nitrogens with zero attached hydrogens (tertiary/aromatic N) is 2. The molecule has 0 saturated carbocycles. The first kappa shape index (κ1) is 13.8. The minimum Gasteiger partial charge on any atom is -0.497 e. The van der Waals surface area contributed by atoms with E-state index in [9.17, 15) is 5.11 Å². The molecule has 1 atom stereocenters. The second-order valence-electron chi connectivity index (χ2n) is 4.15. The maximum Gasteiger partial charge on any atom is 0.187 e. The maximum atomic E-state index is 10.1. The third-order valence-corrected chi connectivity index (χ3v) is 3.56. The summed E-state index contributed by atoms with van der Waals surface area (Å²) < 4.78 is 5.14. The Kier molecular flexibility index (Phi) is 4.76. The number of ether oxygens (including phenoxy) is 1. The average Bonchev–Trinajstić information content (AvgIpc) is 2.46. The molecule has 1 unspecified atom stereocenters. The van der Waals surface area contributed by atoms with E-state index < -0.39 is 6.10 Å². The van der Waals surface area contributed by atoms with E-state index in [-0.39, 0.29) is 0 Å². The van der Waals surface area contributed by atoms with Crippen LogP contribution in [0.4, 0.5) is 0 Å². The highest BCUT2D eigenvalue weighted by atomic mass is 32.2. The van der Waals surface area contributed by atoms with Gasteiger partial charge in [-0.05, 0) is 30.2 Å². The summed E-state index contributed by atoms with van der Waals surface area (Å²) in [5, 5.41) is 10.8. The molecular formula is C14H16N2O2S. The van der Waals surface area contributed by atoms with Crippen LogP contribution in [0.1, 0.15) is 17.2 Å². The predicted molar refractivity (Wildman–Crippen MR) is 75.4 cm³/mol. The van der Waals surface area contributed by atoms with Crippen molar-refractivity contribution in [3.8, 4) is 5.75 Å². The summed E-state index contributed by atoms with van der Waals surface area (Å²) in [7, 11) is 1.61. The molecule has 1 N–H and O–H groups in total. The second-order valence-corrected chi connectivity index (χ2v) is 5.13. The Bertz CT molecular complexity index is 531. The van der Waals surface area contributed by atoms with Crippen LogP contribution in [0.25, 0.3) is 0 Å². The molecule has 2 aromatic rings. The number of hydrogen-bond donors (Lipinski definition) is 1. The van der Waals surface area contributed by atoms with Gasteiger partial charge in [-0.3, -0.25) is 0 Å². The van der Waals surface area contributed by atoms with Crippen molar-refractivity contribution in [1.29, 1.82) is 0 Å². The Morgan fingerprint density at radius 1 is 1.32 bits per heavy atom. The predicted octanol–water partition coefficient (Wildman–Crippen LogP) is 2.62. The molecule has 0 spiro atoms. The van der Waals surface area contributed by atoms with E-state index in [2.05, 4.69) is 9.97 Å². The van der Waals surface area contributed by atoms with Crippen molar-refractivity contribution >= 4 is 11.8 Å². The topological polar surface area (TPSA) is 55.2 Å². The molecule has 19 heavy (non-hydrogen) atoms. The van der Waals surface area contributed by atoms with E-state index in [0.717, 1.165) is 16.9 Å². The first-order chi connectivity index (χ1) is 9.19. The van der Waals surface area contributed by atoms with Gasteiger partial charge >= 0.3 is 0 Å². The second kappa shape index (κ2) is 6.54. The molecule has 2 rings (SSSR count). The smallest absolute Gasteiger partial charge is 0.187 e. The van der Waals surface area contributed by atoms with Crippen LogP contribution in [0.2, 0.25) is 0 Å². The minimum absolute atomic E-state index is 0.510. The summed E-state index contributed by atoms with van der Waals surface area (Å²) in [4.78, 5) is 8.39. The quantitative estimate of drug-likeness (QED) is 0.672. The molecule has 100 valence electrons. The summed E-state index contributed by atoms with van der Waals surface area (Å²) in [5.41, 5.74) is 1.86. The molecule has 0 aliphatic carbocycles.